The predicted octanol–water partition coefficient (Wildman–Crippen LogP) is 3.82. The predicted molar refractivity (Wildman–Crippen MR) is 109 cm³/mol. The van der Waals surface area contributed by atoms with Crippen molar-refractivity contribution in [3.05, 3.63) is 29.8 Å². The minimum atomic E-state index is -3.47. The molecule has 1 aromatic carbocycles. The minimum absolute atomic E-state index is 0.0691. The highest BCUT2D eigenvalue weighted by atomic mass is 32.2. The number of hydrogen-bond donors (Lipinski definition) is 0. The average Bonchev–Trinajstić information content (AvgIpc) is 2.68. The lowest BCUT2D eigenvalue weighted by Crippen LogP contribution is -2.47. The molecular weight excluding hydrogens is 360 g/mol. The molecule has 5 nitrogen and oxygen atoms in total. The smallest absolute Gasteiger partial charge is 0.243 e. The third kappa shape index (κ3) is 5.32. The van der Waals surface area contributed by atoms with Crippen LogP contribution >= 0.6 is 0 Å². The summed E-state index contributed by atoms with van der Waals surface area (Å²) in [5.74, 6) is 0.130. The van der Waals surface area contributed by atoms with Crippen LogP contribution in [-0.4, -0.2) is 49.2 Å². The van der Waals surface area contributed by atoms with Crippen molar-refractivity contribution in [1.82, 2.24) is 9.21 Å². The van der Waals surface area contributed by atoms with Crippen molar-refractivity contribution in [2.45, 2.75) is 70.7 Å². The second-order valence-electron chi connectivity index (χ2n) is 7.63. The molecule has 0 spiro atoms. The van der Waals surface area contributed by atoms with Gasteiger partial charge >= 0.3 is 0 Å². The molecule has 2 rings (SSSR count). The van der Waals surface area contributed by atoms with Crippen molar-refractivity contribution in [2.24, 2.45) is 5.92 Å². The maximum absolute atomic E-state index is 13.0. The van der Waals surface area contributed by atoms with Gasteiger partial charge in [-0.2, -0.15) is 4.31 Å². The first-order valence-corrected chi connectivity index (χ1v) is 11.6. The molecule has 27 heavy (non-hydrogen) atoms. The van der Waals surface area contributed by atoms with Crippen LogP contribution in [0.25, 0.3) is 0 Å². The number of carbonyl (C=O) groups excluding carboxylic acids is 1. The molecule has 0 aliphatic carbocycles. The highest BCUT2D eigenvalue weighted by molar-refractivity contribution is 7.89. The van der Waals surface area contributed by atoms with Crippen LogP contribution in [0.3, 0.4) is 0 Å². The lowest BCUT2D eigenvalue weighted by Gasteiger charge is -2.36. The molecule has 1 aromatic rings. The van der Waals surface area contributed by atoms with E-state index in [2.05, 4.69) is 20.8 Å². The Morgan fingerprint density at radius 1 is 1.19 bits per heavy atom. The van der Waals surface area contributed by atoms with Crippen molar-refractivity contribution < 1.29 is 13.2 Å². The van der Waals surface area contributed by atoms with Crippen molar-refractivity contribution in [2.75, 3.05) is 19.6 Å². The molecule has 1 atom stereocenters. The zero-order valence-electron chi connectivity index (χ0n) is 17.1. The number of amides is 1. The number of aryl methyl sites for hydroxylation is 1. The van der Waals surface area contributed by atoms with Gasteiger partial charge in [0.1, 0.15) is 0 Å². The van der Waals surface area contributed by atoms with Crippen molar-refractivity contribution in [3.63, 3.8) is 0 Å². The Labute approximate surface area is 164 Å². The maximum atomic E-state index is 13.0. The van der Waals surface area contributed by atoms with Gasteiger partial charge in [0.15, 0.2) is 0 Å². The summed E-state index contributed by atoms with van der Waals surface area (Å²) in [6, 6.07) is 7.20. The molecule has 152 valence electrons. The van der Waals surface area contributed by atoms with E-state index < -0.39 is 10.0 Å². The summed E-state index contributed by atoms with van der Waals surface area (Å²) in [5.41, 5.74) is 1.04. The van der Waals surface area contributed by atoms with E-state index in [4.69, 9.17) is 0 Å². The number of hydrogen-bond acceptors (Lipinski definition) is 3. The van der Waals surface area contributed by atoms with Crippen LogP contribution in [0.5, 0.6) is 0 Å². The third-order valence-corrected chi connectivity index (χ3v) is 7.53. The molecule has 1 unspecified atom stereocenters. The van der Waals surface area contributed by atoms with Gasteiger partial charge in [0.05, 0.1) is 4.90 Å². The van der Waals surface area contributed by atoms with Gasteiger partial charge in [0.25, 0.3) is 0 Å². The Balaban J connectivity index is 2.02. The topological polar surface area (TPSA) is 57.7 Å². The summed E-state index contributed by atoms with van der Waals surface area (Å²) in [6.45, 7) is 9.90. The number of carbonyl (C=O) groups is 1. The quantitative estimate of drug-likeness (QED) is 0.673. The third-order valence-electron chi connectivity index (χ3n) is 5.62. The molecule has 1 aliphatic rings. The van der Waals surface area contributed by atoms with Gasteiger partial charge in [-0.25, -0.2) is 8.42 Å². The van der Waals surface area contributed by atoms with Gasteiger partial charge in [-0.3, -0.25) is 4.79 Å². The van der Waals surface area contributed by atoms with E-state index >= 15 is 0 Å². The second-order valence-corrected chi connectivity index (χ2v) is 9.57. The summed E-state index contributed by atoms with van der Waals surface area (Å²) in [7, 11) is -3.47. The normalized spacial score (nSPS) is 17.6. The van der Waals surface area contributed by atoms with Crippen LogP contribution in [0.4, 0.5) is 0 Å². The fourth-order valence-corrected chi connectivity index (χ4v) is 5.00. The molecule has 0 N–H and O–H groups in total. The number of rotatable bonds is 8. The highest BCUT2D eigenvalue weighted by Crippen LogP contribution is 2.26. The van der Waals surface area contributed by atoms with Gasteiger partial charge in [-0.1, -0.05) is 38.0 Å². The summed E-state index contributed by atoms with van der Waals surface area (Å²) in [6.07, 6.45) is 4.21. The molecule has 1 saturated heterocycles. The van der Waals surface area contributed by atoms with E-state index in [0.29, 0.717) is 30.8 Å². The Kier molecular flexibility index (Phi) is 7.86. The van der Waals surface area contributed by atoms with E-state index in [0.717, 1.165) is 31.4 Å². The molecule has 0 bridgehead atoms. The molecule has 0 radical (unpaired) electrons. The van der Waals surface area contributed by atoms with Crippen molar-refractivity contribution >= 4 is 15.9 Å². The van der Waals surface area contributed by atoms with Crippen molar-refractivity contribution in [3.8, 4) is 0 Å². The van der Waals surface area contributed by atoms with Gasteiger partial charge < -0.3 is 4.90 Å². The maximum Gasteiger partial charge on any atom is 0.243 e. The van der Waals surface area contributed by atoms with E-state index in [1.54, 1.807) is 12.1 Å². The van der Waals surface area contributed by atoms with Gasteiger partial charge in [0.2, 0.25) is 15.9 Å². The zero-order valence-corrected chi connectivity index (χ0v) is 18.0. The van der Waals surface area contributed by atoms with Crippen LogP contribution < -0.4 is 0 Å². The minimum Gasteiger partial charge on any atom is -0.340 e. The van der Waals surface area contributed by atoms with Gasteiger partial charge in [0, 0.05) is 31.6 Å². The standard InChI is InChI=1S/C21H34N2O3S/c1-5-7-14-23(18(4)6-2)21(24)19-12-15-22(16-13-19)27(25,26)20-10-8-17(3)9-11-20/h8-11,18-19H,5-7,12-16H2,1-4H3. The van der Waals surface area contributed by atoms with Gasteiger partial charge in [-0.15, -0.1) is 0 Å². The summed E-state index contributed by atoms with van der Waals surface area (Å²) >= 11 is 0. The Morgan fingerprint density at radius 3 is 2.30 bits per heavy atom. The molecule has 1 amide bonds. The van der Waals surface area contributed by atoms with Crippen LogP contribution in [-0.2, 0) is 14.8 Å². The Morgan fingerprint density at radius 2 is 1.78 bits per heavy atom. The lowest BCUT2D eigenvalue weighted by molar-refractivity contribution is -0.139. The van der Waals surface area contributed by atoms with Gasteiger partial charge in [-0.05, 0) is 51.7 Å². The zero-order chi connectivity index (χ0) is 20.0. The molecule has 1 fully saturated rings. The average molecular weight is 395 g/mol. The molecule has 1 aliphatic heterocycles. The SMILES string of the molecule is CCCCN(C(=O)C1CCN(S(=O)(=O)c2ccc(C)cc2)CC1)C(C)CC. The van der Waals surface area contributed by atoms with Crippen LogP contribution in [0, 0.1) is 12.8 Å². The number of piperidine rings is 1. The van der Waals surface area contributed by atoms with Crippen LogP contribution in [0.15, 0.2) is 29.2 Å². The number of sulfonamides is 1. The van der Waals surface area contributed by atoms with Crippen LogP contribution in [0.2, 0.25) is 0 Å². The first-order valence-electron chi connectivity index (χ1n) is 10.2. The number of unbranched alkanes of at least 4 members (excludes halogenated alkanes) is 1. The Bertz CT molecular complexity index is 707. The number of benzene rings is 1. The second kappa shape index (κ2) is 9.69. The lowest BCUT2D eigenvalue weighted by atomic mass is 9.95. The summed E-state index contributed by atoms with van der Waals surface area (Å²) in [4.78, 5) is 15.4. The molecule has 0 saturated carbocycles. The summed E-state index contributed by atoms with van der Waals surface area (Å²) in [5, 5.41) is 0. The van der Waals surface area contributed by atoms with Crippen molar-refractivity contribution in [1.29, 1.82) is 0 Å². The van der Waals surface area contributed by atoms with Crippen LogP contribution in [0.1, 0.15) is 58.4 Å². The fraction of sp³-hybridized carbons (Fsp3) is 0.667. The first kappa shape index (κ1) is 21.9. The summed E-state index contributed by atoms with van der Waals surface area (Å²) < 4.78 is 27.2. The molecule has 0 aromatic heterocycles. The first-order chi connectivity index (χ1) is 12.8. The Hall–Kier alpha value is -1.40. The number of nitrogens with zero attached hydrogens (tertiary/aromatic N) is 2. The van der Waals surface area contributed by atoms with E-state index in [1.165, 1.54) is 4.31 Å². The molecular formula is C21H34N2O3S. The fourth-order valence-electron chi connectivity index (χ4n) is 3.53. The van der Waals surface area contributed by atoms with E-state index in [1.807, 2.05) is 24.0 Å². The molecule has 6 heteroatoms. The molecule has 1 heterocycles. The monoisotopic (exact) mass is 394 g/mol. The van der Waals surface area contributed by atoms with E-state index in [-0.39, 0.29) is 17.9 Å². The van der Waals surface area contributed by atoms with E-state index in [9.17, 15) is 13.2 Å². The largest absolute Gasteiger partial charge is 0.340 e. The highest BCUT2D eigenvalue weighted by Gasteiger charge is 2.34.